The predicted octanol–water partition coefficient (Wildman–Crippen LogP) is 3.64. The van der Waals surface area contributed by atoms with Gasteiger partial charge in [0, 0.05) is 31.3 Å². The first-order valence-electron chi connectivity index (χ1n) is 13.4. The lowest BCUT2D eigenvalue weighted by Gasteiger charge is -2.44. The van der Waals surface area contributed by atoms with Crippen molar-refractivity contribution in [2.24, 2.45) is 5.92 Å². The lowest BCUT2D eigenvalue weighted by Crippen LogP contribution is -2.53. The number of carbonyl (C=O) groups is 1. The fraction of sp³-hybridized carbons (Fsp3) is 0.464. The van der Waals surface area contributed by atoms with Crippen LogP contribution in [0, 0.1) is 5.92 Å². The number of nitrogens with zero attached hydrogens (tertiary/aromatic N) is 4. The van der Waals surface area contributed by atoms with E-state index in [1.54, 1.807) is 0 Å². The van der Waals surface area contributed by atoms with Gasteiger partial charge in [-0.05, 0) is 36.8 Å². The van der Waals surface area contributed by atoms with E-state index >= 15 is 0 Å². The summed E-state index contributed by atoms with van der Waals surface area (Å²) in [5.74, 6) is 2.51. The SMILES string of the molecule is O=C(CCCc1nnc2n1C1CCCCC1C1NC(c3ccccc3)NN21)NCCc1ccccc1. The van der Waals surface area contributed by atoms with Crippen LogP contribution in [0.1, 0.15) is 67.7 Å². The van der Waals surface area contributed by atoms with E-state index in [0.717, 1.165) is 37.5 Å². The van der Waals surface area contributed by atoms with Crippen LogP contribution in [0.15, 0.2) is 60.7 Å². The number of hydrogen-bond donors (Lipinski definition) is 3. The van der Waals surface area contributed by atoms with Crippen LogP contribution in [-0.4, -0.2) is 33.4 Å². The van der Waals surface area contributed by atoms with Crippen LogP contribution in [0.5, 0.6) is 0 Å². The van der Waals surface area contributed by atoms with E-state index in [2.05, 4.69) is 78.3 Å². The summed E-state index contributed by atoms with van der Waals surface area (Å²) in [6.45, 7) is 0.671. The van der Waals surface area contributed by atoms with Crippen LogP contribution in [0.2, 0.25) is 0 Å². The van der Waals surface area contributed by atoms with Crippen LogP contribution < -0.4 is 21.1 Å². The maximum absolute atomic E-state index is 12.4. The van der Waals surface area contributed by atoms with Gasteiger partial charge in [-0.25, -0.2) is 5.43 Å². The average molecular weight is 486 g/mol. The topological polar surface area (TPSA) is 87.1 Å². The first kappa shape index (κ1) is 23.2. The van der Waals surface area contributed by atoms with Gasteiger partial charge in [0.05, 0.1) is 0 Å². The van der Waals surface area contributed by atoms with E-state index in [1.165, 1.54) is 30.4 Å². The number of fused-ring (bicyclic) bond motifs is 6. The van der Waals surface area contributed by atoms with Gasteiger partial charge in [-0.1, -0.05) is 73.5 Å². The minimum atomic E-state index is 0.0602. The van der Waals surface area contributed by atoms with E-state index in [1.807, 2.05) is 18.2 Å². The van der Waals surface area contributed by atoms with E-state index < -0.39 is 0 Å². The Morgan fingerprint density at radius 3 is 2.58 bits per heavy atom. The lowest BCUT2D eigenvalue weighted by atomic mass is 9.81. The quantitative estimate of drug-likeness (QED) is 0.452. The first-order chi connectivity index (χ1) is 17.8. The second-order valence-corrected chi connectivity index (χ2v) is 10.2. The van der Waals surface area contributed by atoms with E-state index in [-0.39, 0.29) is 18.2 Å². The zero-order valence-corrected chi connectivity index (χ0v) is 20.6. The number of carbonyl (C=O) groups excluding carboxylic acids is 1. The highest BCUT2D eigenvalue weighted by molar-refractivity contribution is 5.75. The summed E-state index contributed by atoms with van der Waals surface area (Å²) in [6, 6.07) is 21.2. The van der Waals surface area contributed by atoms with E-state index in [0.29, 0.717) is 24.9 Å². The van der Waals surface area contributed by atoms with E-state index in [9.17, 15) is 4.79 Å². The normalized spacial score (nSPS) is 24.6. The van der Waals surface area contributed by atoms with Crippen molar-refractivity contribution in [2.45, 2.75) is 69.7 Å². The highest BCUT2D eigenvalue weighted by Crippen LogP contribution is 2.45. The lowest BCUT2D eigenvalue weighted by molar-refractivity contribution is -0.121. The van der Waals surface area contributed by atoms with Gasteiger partial charge in [-0.3, -0.25) is 19.7 Å². The number of hydrazine groups is 1. The van der Waals surface area contributed by atoms with Gasteiger partial charge < -0.3 is 5.32 Å². The molecule has 3 aliphatic rings. The Bertz CT molecular complexity index is 1170. The standard InChI is InChI=1S/C28H35N7O/c36-25(29-19-18-20-10-3-1-4-11-20)17-9-16-24-31-32-28-34(24)23-15-8-7-14-22(23)27-30-26(33-35(27)28)21-12-5-2-6-13-21/h1-6,10-13,22-23,26-27,30,33H,7-9,14-19H2,(H,29,36). The highest BCUT2D eigenvalue weighted by atomic mass is 16.1. The molecular weight excluding hydrogens is 450 g/mol. The summed E-state index contributed by atoms with van der Waals surface area (Å²) in [5.41, 5.74) is 6.13. The molecule has 8 heteroatoms. The maximum atomic E-state index is 12.4. The van der Waals surface area contributed by atoms with Crippen LogP contribution in [0.25, 0.3) is 0 Å². The summed E-state index contributed by atoms with van der Waals surface area (Å²) in [6.07, 6.45) is 8.02. The van der Waals surface area contributed by atoms with Crippen molar-refractivity contribution >= 4 is 11.9 Å². The second kappa shape index (κ2) is 10.4. The highest BCUT2D eigenvalue weighted by Gasteiger charge is 2.48. The molecule has 3 aromatic rings. The smallest absolute Gasteiger partial charge is 0.243 e. The van der Waals surface area contributed by atoms with Gasteiger partial charge in [-0.2, -0.15) is 0 Å². The molecule has 36 heavy (non-hydrogen) atoms. The molecule has 1 amide bonds. The first-order valence-corrected chi connectivity index (χ1v) is 13.4. The molecule has 2 aliphatic heterocycles. The summed E-state index contributed by atoms with van der Waals surface area (Å²) < 4.78 is 2.37. The number of amides is 1. The number of aromatic nitrogens is 3. The summed E-state index contributed by atoms with van der Waals surface area (Å²) in [4.78, 5) is 12.4. The molecule has 0 spiro atoms. The van der Waals surface area contributed by atoms with Gasteiger partial charge in [0.25, 0.3) is 0 Å². The molecule has 2 aromatic carbocycles. The van der Waals surface area contributed by atoms with Crippen LogP contribution in [0.3, 0.4) is 0 Å². The molecule has 3 heterocycles. The summed E-state index contributed by atoms with van der Waals surface area (Å²) in [7, 11) is 0. The zero-order valence-electron chi connectivity index (χ0n) is 20.6. The third kappa shape index (κ3) is 4.63. The molecule has 4 unspecified atom stereocenters. The maximum Gasteiger partial charge on any atom is 0.243 e. The Balaban J connectivity index is 1.10. The summed E-state index contributed by atoms with van der Waals surface area (Å²) >= 11 is 0. The van der Waals surface area contributed by atoms with Gasteiger partial charge in [0.15, 0.2) is 0 Å². The van der Waals surface area contributed by atoms with Gasteiger partial charge in [0.1, 0.15) is 18.2 Å². The Hall–Kier alpha value is -3.23. The largest absolute Gasteiger partial charge is 0.356 e. The van der Waals surface area contributed by atoms with Crippen molar-refractivity contribution in [3.8, 4) is 0 Å². The number of aryl methyl sites for hydroxylation is 1. The second-order valence-electron chi connectivity index (χ2n) is 10.2. The fourth-order valence-corrected chi connectivity index (χ4v) is 6.12. The molecule has 3 N–H and O–H groups in total. The monoisotopic (exact) mass is 485 g/mol. The number of anilines is 1. The summed E-state index contributed by atoms with van der Waals surface area (Å²) in [5, 5.41) is 18.3. The molecule has 2 fully saturated rings. The van der Waals surface area contributed by atoms with Gasteiger partial charge >= 0.3 is 0 Å². The van der Waals surface area contributed by atoms with Crippen molar-refractivity contribution < 1.29 is 4.79 Å². The predicted molar refractivity (Wildman–Crippen MR) is 139 cm³/mol. The van der Waals surface area contributed by atoms with Crippen LogP contribution >= 0.6 is 0 Å². The fourth-order valence-electron chi connectivity index (χ4n) is 6.12. The molecule has 1 saturated heterocycles. The van der Waals surface area contributed by atoms with Crippen LogP contribution in [0.4, 0.5) is 5.95 Å². The van der Waals surface area contributed by atoms with Gasteiger partial charge in [-0.15, -0.1) is 10.2 Å². The van der Waals surface area contributed by atoms with Crippen molar-refractivity contribution in [2.75, 3.05) is 11.6 Å². The molecule has 0 radical (unpaired) electrons. The minimum Gasteiger partial charge on any atom is -0.356 e. The molecule has 1 aromatic heterocycles. The third-order valence-corrected chi connectivity index (χ3v) is 7.88. The van der Waals surface area contributed by atoms with Gasteiger partial charge in [0.2, 0.25) is 11.9 Å². The molecule has 188 valence electrons. The Morgan fingerprint density at radius 1 is 0.972 bits per heavy atom. The Labute approximate surface area is 212 Å². The molecule has 4 atom stereocenters. The Morgan fingerprint density at radius 2 is 1.75 bits per heavy atom. The number of rotatable bonds is 8. The van der Waals surface area contributed by atoms with Crippen molar-refractivity contribution in [1.82, 2.24) is 30.8 Å². The molecule has 1 saturated carbocycles. The van der Waals surface area contributed by atoms with E-state index in [4.69, 9.17) is 0 Å². The zero-order chi connectivity index (χ0) is 24.3. The minimum absolute atomic E-state index is 0.0602. The number of benzene rings is 2. The van der Waals surface area contributed by atoms with Crippen LogP contribution in [-0.2, 0) is 17.6 Å². The number of nitrogens with one attached hydrogen (secondary N) is 3. The molecule has 8 nitrogen and oxygen atoms in total. The van der Waals surface area contributed by atoms with Crippen molar-refractivity contribution in [3.05, 3.63) is 77.6 Å². The van der Waals surface area contributed by atoms with Crippen molar-refractivity contribution in [1.29, 1.82) is 0 Å². The molecule has 0 bridgehead atoms. The molecular formula is C28H35N7O. The average Bonchev–Trinajstić information content (AvgIpc) is 3.55. The number of hydrogen-bond acceptors (Lipinski definition) is 6. The Kier molecular flexibility index (Phi) is 6.70. The third-order valence-electron chi connectivity index (χ3n) is 7.88. The molecule has 1 aliphatic carbocycles. The van der Waals surface area contributed by atoms with Crippen molar-refractivity contribution in [3.63, 3.8) is 0 Å². The molecule has 6 rings (SSSR count).